The Morgan fingerprint density at radius 3 is 2.82 bits per heavy atom. The highest BCUT2D eigenvalue weighted by molar-refractivity contribution is 8.01. The fraction of sp³-hybridized carbons (Fsp3) is 0.304. The lowest BCUT2D eigenvalue weighted by molar-refractivity contribution is -0.387. The summed E-state index contributed by atoms with van der Waals surface area (Å²) >= 11 is 2.62. The van der Waals surface area contributed by atoms with E-state index in [1.807, 2.05) is 25.3 Å². The van der Waals surface area contributed by atoms with Crippen molar-refractivity contribution in [3.63, 3.8) is 0 Å². The largest absolute Gasteiger partial charge is 0.338 e. The van der Waals surface area contributed by atoms with Crippen LogP contribution in [0.2, 0.25) is 0 Å². The molecule has 0 bridgehead atoms. The van der Waals surface area contributed by atoms with Crippen LogP contribution in [0, 0.1) is 29.9 Å². The first-order chi connectivity index (χ1) is 16.3. The van der Waals surface area contributed by atoms with Gasteiger partial charge in [-0.25, -0.2) is 9.97 Å². The molecule has 1 fully saturated rings. The number of nitrogens with zero attached hydrogens (tertiary/aromatic N) is 4. The highest BCUT2D eigenvalue weighted by atomic mass is 32.2. The molecule has 3 aromatic rings. The number of thiazole rings is 1. The average Bonchev–Trinajstić information content (AvgIpc) is 3.24. The van der Waals surface area contributed by atoms with Gasteiger partial charge in [0.15, 0.2) is 4.34 Å². The summed E-state index contributed by atoms with van der Waals surface area (Å²) in [7, 11) is 0. The summed E-state index contributed by atoms with van der Waals surface area (Å²) in [6.07, 6.45) is 2.94. The van der Waals surface area contributed by atoms with E-state index >= 15 is 0 Å². The predicted octanol–water partition coefficient (Wildman–Crippen LogP) is 4.71. The van der Waals surface area contributed by atoms with Crippen LogP contribution >= 0.6 is 23.1 Å². The van der Waals surface area contributed by atoms with Crippen LogP contribution in [-0.4, -0.2) is 44.7 Å². The maximum absolute atomic E-state index is 13.2. The molecule has 2 amide bonds. The van der Waals surface area contributed by atoms with Gasteiger partial charge in [0.2, 0.25) is 5.91 Å². The summed E-state index contributed by atoms with van der Waals surface area (Å²) in [5.74, 6) is -0.376. The first kappa shape index (κ1) is 23.8. The molecule has 34 heavy (non-hydrogen) atoms. The minimum absolute atomic E-state index is 0.138. The second-order valence-electron chi connectivity index (χ2n) is 8.04. The van der Waals surface area contributed by atoms with Gasteiger partial charge in [0, 0.05) is 42.0 Å². The number of hydrogen-bond acceptors (Lipinski definition) is 8. The SMILES string of the molecule is Cc1csc(Sc2ccc(C(=O)N3CCCC(C(=O)Nc4ncccc4C)C3)cc2[N+](=O)[O-])n1. The Morgan fingerprint density at radius 2 is 2.12 bits per heavy atom. The number of likely N-dealkylation sites (tertiary alicyclic amines) is 1. The van der Waals surface area contributed by atoms with E-state index < -0.39 is 4.92 Å². The number of piperidine rings is 1. The molecule has 11 heteroatoms. The van der Waals surface area contributed by atoms with Crippen molar-refractivity contribution in [2.45, 2.75) is 35.9 Å². The third-order valence-electron chi connectivity index (χ3n) is 5.53. The number of nitro groups is 1. The normalized spacial score (nSPS) is 15.7. The van der Waals surface area contributed by atoms with E-state index in [9.17, 15) is 19.7 Å². The van der Waals surface area contributed by atoms with Gasteiger partial charge in [-0.05, 0) is 50.5 Å². The van der Waals surface area contributed by atoms with Gasteiger partial charge in [-0.15, -0.1) is 11.3 Å². The van der Waals surface area contributed by atoms with Crippen LogP contribution in [0.15, 0.2) is 51.1 Å². The van der Waals surface area contributed by atoms with Crippen molar-refractivity contribution >= 4 is 46.4 Å². The molecule has 1 aliphatic rings. The number of carbonyl (C=O) groups excluding carboxylic acids is 2. The Bertz CT molecular complexity index is 1250. The summed E-state index contributed by atoms with van der Waals surface area (Å²) in [6.45, 7) is 4.47. The average molecular weight is 498 g/mol. The lowest BCUT2D eigenvalue weighted by Gasteiger charge is -2.32. The third-order valence-corrected chi connectivity index (χ3v) is 7.65. The number of benzene rings is 1. The molecule has 1 aliphatic heterocycles. The van der Waals surface area contributed by atoms with E-state index in [-0.39, 0.29) is 35.5 Å². The molecule has 9 nitrogen and oxygen atoms in total. The number of amides is 2. The van der Waals surface area contributed by atoms with Gasteiger partial charge in [0.05, 0.1) is 15.7 Å². The van der Waals surface area contributed by atoms with Crippen molar-refractivity contribution in [3.05, 3.63) is 68.8 Å². The highest BCUT2D eigenvalue weighted by Crippen LogP contribution is 2.37. The van der Waals surface area contributed by atoms with E-state index in [4.69, 9.17) is 0 Å². The van der Waals surface area contributed by atoms with E-state index in [0.29, 0.717) is 34.4 Å². The quantitative estimate of drug-likeness (QED) is 0.387. The molecule has 176 valence electrons. The summed E-state index contributed by atoms with van der Waals surface area (Å²) < 4.78 is 0.702. The molecular formula is C23H23N5O4S2. The van der Waals surface area contributed by atoms with Crippen molar-refractivity contribution in [3.8, 4) is 0 Å². The smallest absolute Gasteiger partial charge is 0.284 e. The second kappa shape index (κ2) is 10.3. The summed E-state index contributed by atoms with van der Waals surface area (Å²) in [5, 5.41) is 16.4. The van der Waals surface area contributed by atoms with Crippen LogP contribution in [0.4, 0.5) is 11.5 Å². The van der Waals surface area contributed by atoms with Crippen LogP contribution in [0.3, 0.4) is 0 Å². The first-order valence-corrected chi connectivity index (χ1v) is 12.4. The van der Waals surface area contributed by atoms with Gasteiger partial charge in [-0.2, -0.15) is 0 Å². The zero-order valence-electron chi connectivity index (χ0n) is 18.7. The molecule has 3 heterocycles. The number of pyridine rings is 1. The van der Waals surface area contributed by atoms with Crippen LogP contribution < -0.4 is 5.32 Å². The van der Waals surface area contributed by atoms with E-state index in [1.54, 1.807) is 29.3 Å². The standard InChI is InChI=1S/C23H23N5O4S2/c1-14-5-3-9-24-20(14)26-21(29)17-6-4-10-27(12-17)22(30)16-7-8-19(18(11-16)28(31)32)34-23-25-15(2)13-33-23/h3,5,7-9,11,13,17H,4,6,10,12H2,1-2H3,(H,24,26,29). The first-order valence-electron chi connectivity index (χ1n) is 10.7. The second-order valence-corrected chi connectivity index (χ2v) is 10.2. The zero-order chi connectivity index (χ0) is 24.2. The Labute approximate surface area is 204 Å². The minimum Gasteiger partial charge on any atom is -0.338 e. The van der Waals surface area contributed by atoms with Crippen LogP contribution in [0.1, 0.15) is 34.5 Å². The van der Waals surface area contributed by atoms with Crippen molar-refractivity contribution in [1.29, 1.82) is 0 Å². The molecule has 2 aromatic heterocycles. The molecule has 1 N–H and O–H groups in total. The van der Waals surface area contributed by atoms with Gasteiger partial charge >= 0.3 is 0 Å². The monoisotopic (exact) mass is 497 g/mol. The van der Waals surface area contributed by atoms with E-state index in [1.165, 1.54) is 29.2 Å². The molecule has 0 spiro atoms. The molecule has 4 rings (SSSR count). The zero-order valence-corrected chi connectivity index (χ0v) is 20.3. The Hall–Kier alpha value is -3.31. The fourth-order valence-corrected chi connectivity index (χ4v) is 5.62. The van der Waals surface area contributed by atoms with Gasteiger partial charge in [0.25, 0.3) is 11.6 Å². The molecule has 1 atom stereocenters. The summed E-state index contributed by atoms with van der Waals surface area (Å²) in [4.78, 5) is 47.7. The number of hydrogen-bond donors (Lipinski definition) is 1. The maximum atomic E-state index is 13.2. The third kappa shape index (κ3) is 5.42. The fourth-order valence-electron chi connectivity index (χ4n) is 3.75. The van der Waals surface area contributed by atoms with Gasteiger partial charge < -0.3 is 10.2 Å². The molecule has 0 saturated carbocycles. The predicted molar refractivity (Wildman–Crippen MR) is 130 cm³/mol. The molecule has 1 aromatic carbocycles. The molecular weight excluding hydrogens is 474 g/mol. The van der Waals surface area contributed by atoms with Crippen molar-refractivity contribution < 1.29 is 14.5 Å². The van der Waals surface area contributed by atoms with Crippen LogP contribution in [0.5, 0.6) is 0 Å². The summed E-state index contributed by atoms with van der Waals surface area (Å²) in [6, 6.07) is 8.16. The Balaban J connectivity index is 1.48. The van der Waals surface area contributed by atoms with Crippen molar-refractivity contribution in [2.75, 3.05) is 18.4 Å². The number of carbonyl (C=O) groups is 2. The van der Waals surface area contributed by atoms with Gasteiger partial charge in [-0.1, -0.05) is 17.8 Å². The number of anilines is 1. The topological polar surface area (TPSA) is 118 Å². The lowest BCUT2D eigenvalue weighted by Crippen LogP contribution is -2.43. The number of rotatable bonds is 6. The number of aryl methyl sites for hydroxylation is 2. The Kier molecular flexibility index (Phi) is 7.23. The molecule has 1 saturated heterocycles. The number of nitrogens with one attached hydrogen (secondary N) is 1. The maximum Gasteiger partial charge on any atom is 0.284 e. The van der Waals surface area contributed by atoms with E-state index in [2.05, 4.69) is 15.3 Å². The Morgan fingerprint density at radius 1 is 1.29 bits per heavy atom. The van der Waals surface area contributed by atoms with Crippen molar-refractivity contribution in [1.82, 2.24) is 14.9 Å². The summed E-state index contributed by atoms with van der Waals surface area (Å²) in [5.41, 5.74) is 1.80. The highest BCUT2D eigenvalue weighted by Gasteiger charge is 2.30. The van der Waals surface area contributed by atoms with Crippen molar-refractivity contribution in [2.24, 2.45) is 5.92 Å². The van der Waals surface area contributed by atoms with E-state index in [0.717, 1.165) is 11.3 Å². The van der Waals surface area contributed by atoms with Gasteiger partial charge in [0.1, 0.15) is 5.82 Å². The molecule has 0 aliphatic carbocycles. The van der Waals surface area contributed by atoms with Crippen LogP contribution in [-0.2, 0) is 4.79 Å². The molecule has 0 radical (unpaired) electrons. The molecule has 1 unspecified atom stereocenters. The lowest BCUT2D eigenvalue weighted by atomic mass is 9.96. The van der Waals surface area contributed by atoms with Crippen LogP contribution in [0.25, 0.3) is 0 Å². The number of aromatic nitrogens is 2. The van der Waals surface area contributed by atoms with Gasteiger partial charge in [-0.3, -0.25) is 19.7 Å². The number of nitro benzene ring substituents is 1. The minimum atomic E-state index is -0.485.